The summed E-state index contributed by atoms with van der Waals surface area (Å²) >= 11 is 1.10. The molecule has 0 fully saturated rings. The van der Waals surface area contributed by atoms with Crippen LogP contribution in [0.15, 0.2) is 28.6 Å². The molecule has 18 heavy (non-hydrogen) atoms. The average molecular weight is 278 g/mol. The van der Waals surface area contributed by atoms with Crippen LogP contribution in [-0.4, -0.2) is 24.9 Å². The predicted octanol–water partition coefficient (Wildman–Crippen LogP) is 2.18. The Morgan fingerprint density at radius 3 is 2.83 bits per heavy atom. The molecule has 0 saturated heterocycles. The molecule has 0 saturated carbocycles. The van der Waals surface area contributed by atoms with Gasteiger partial charge in [-0.15, -0.1) is 10.2 Å². The van der Waals surface area contributed by atoms with Crippen molar-refractivity contribution in [3.63, 3.8) is 0 Å². The molecule has 0 amide bonds. The van der Waals surface area contributed by atoms with E-state index in [0.29, 0.717) is 5.01 Å². The maximum atomic E-state index is 11.4. The number of sulfone groups is 1. The first-order valence-electron chi connectivity index (χ1n) is 5.37. The number of hydrogen-bond donors (Lipinski definition) is 0. The van der Waals surface area contributed by atoms with Gasteiger partial charge in [0.1, 0.15) is 5.01 Å². The molecule has 3 rings (SSSR count). The highest BCUT2D eigenvalue weighted by molar-refractivity contribution is 7.92. The Labute approximate surface area is 109 Å². The van der Waals surface area contributed by atoms with Crippen LogP contribution in [0.5, 0.6) is 0 Å². The molecule has 0 spiro atoms. The van der Waals surface area contributed by atoms with Crippen molar-refractivity contribution in [3.8, 4) is 10.6 Å². The van der Waals surface area contributed by atoms with Gasteiger partial charge in [0.2, 0.25) is 14.2 Å². The summed E-state index contributed by atoms with van der Waals surface area (Å²) in [6, 6.07) is 6.02. The second-order valence-corrected chi connectivity index (χ2v) is 7.33. The third-order valence-electron chi connectivity index (χ3n) is 2.75. The highest BCUT2D eigenvalue weighted by Crippen LogP contribution is 2.29. The Morgan fingerprint density at radius 1 is 1.28 bits per heavy atom. The van der Waals surface area contributed by atoms with Crippen molar-refractivity contribution in [3.05, 3.63) is 35.4 Å². The van der Waals surface area contributed by atoms with Crippen LogP contribution in [-0.2, 0) is 16.3 Å². The van der Waals surface area contributed by atoms with Crippen LogP contribution < -0.4 is 0 Å². The summed E-state index contributed by atoms with van der Waals surface area (Å²) < 4.78 is 22.8. The van der Waals surface area contributed by atoms with Crippen LogP contribution in [0, 0.1) is 0 Å². The largest absolute Gasteiger partial charge is 0.232 e. The standard InChI is InChI=1S/C12H10N2O2S2/c1-18(15,16)12-14-13-11(17-12)10-6-5-8-3-2-4-9(8)7-10/h2,4-7H,3H2,1H3. The zero-order valence-electron chi connectivity index (χ0n) is 9.62. The lowest BCUT2D eigenvalue weighted by molar-refractivity contribution is 0.600. The van der Waals surface area contributed by atoms with Crippen molar-refractivity contribution < 1.29 is 8.42 Å². The van der Waals surface area contributed by atoms with Gasteiger partial charge in [0, 0.05) is 11.8 Å². The molecule has 2 aromatic rings. The Balaban J connectivity index is 2.05. The maximum absolute atomic E-state index is 11.4. The summed E-state index contributed by atoms with van der Waals surface area (Å²) in [6.07, 6.45) is 6.27. The lowest BCUT2D eigenvalue weighted by atomic mass is 10.1. The van der Waals surface area contributed by atoms with Crippen LogP contribution in [0.3, 0.4) is 0 Å². The third kappa shape index (κ3) is 1.97. The number of allylic oxidation sites excluding steroid dienone is 1. The van der Waals surface area contributed by atoms with Crippen molar-refractivity contribution in [2.24, 2.45) is 0 Å². The average Bonchev–Trinajstić information content (AvgIpc) is 2.96. The van der Waals surface area contributed by atoms with Crippen molar-refractivity contribution >= 4 is 27.3 Å². The zero-order valence-corrected chi connectivity index (χ0v) is 11.3. The molecule has 1 aliphatic carbocycles. The van der Waals surface area contributed by atoms with Crippen LogP contribution in [0.4, 0.5) is 0 Å². The maximum Gasteiger partial charge on any atom is 0.232 e. The van der Waals surface area contributed by atoms with E-state index in [1.807, 2.05) is 18.2 Å². The van der Waals surface area contributed by atoms with Gasteiger partial charge >= 0.3 is 0 Å². The number of hydrogen-bond acceptors (Lipinski definition) is 5. The minimum Gasteiger partial charge on any atom is -0.221 e. The molecule has 0 atom stereocenters. The Bertz CT molecular complexity index is 745. The van der Waals surface area contributed by atoms with Crippen molar-refractivity contribution in [2.45, 2.75) is 10.8 Å². The molecule has 0 radical (unpaired) electrons. The van der Waals surface area contributed by atoms with E-state index in [-0.39, 0.29) is 4.34 Å². The highest BCUT2D eigenvalue weighted by atomic mass is 32.2. The highest BCUT2D eigenvalue weighted by Gasteiger charge is 2.16. The van der Waals surface area contributed by atoms with Gasteiger partial charge in [-0.1, -0.05) is 35.6 Å². The van der Waals surface area contributed by atoms with Crippen molar-refractivity contribution in [1.29, 1.82) is 0 Å². The smallest absolute Gasteiger partial charge is 0.221 e. The van der Waals surface area contributed by atoms with E-state index in [0.717, 1.165) is 29.6 Å². The van der Waals surface area contributed by atoms with E-state index in [1.165, 1.54) is 11.1 Å². The van der Waals surface area contributed by atoms with Gasteiger partial charge in [0.05, 0.1) is 0 Å². The molecule has 1 heterocycles. The second-order valence-electron chi connectivity index (χ2n) is 4.17. The second kappa shape index (κ2) is 4.00. The SMILES string of the molecule is CS(=O)(=O)c1nnc(-c2ccc3c(c2)C=CC3)s1. The summed E-state index contributed by atoms with van der Waals surface area (Å²) in [4.78, 5) is 0. The lowest BCUT2D eigenvalue weighted by Crippen LogP contribution is -1.95. The molecule has 0 aliphatic heterocycles. The Morgan fingerprint density at radius 2 is 2.11 bits per heavy atom. The van der Waals surface area contributed by atoms with E-state index in [9.17, 15) is 8.42 Å². The normalized spacial score (nSPS) is 13.8. The molecule has 4 nitrogen and oxygen atoms in total. The topological polar surface area (TPSA) is 59.9 Å². The summed E-state index contributed by atoms with van der Waals surface area (Å²) in [5, 5.41) is 8.30. The van der Waals surface area contributed by atoms with E-state index < -0.39 is 9.84 Å². The Hall–Kier alpha value is -1.53. The minimum atomic E-state index is -3.27. The van der Waals surface area contributed by atoms with Gasteiger partial charge < -0.3 is 0 Å². The molecule has 0 bridgehead atoms. The van der Waals surface area contributed by atoms with Gasteiger partial charge in [0.15, 0.2) is 0 Å². The summed E-state index contributed by atoms with van der Waals surface area (Å²) in [6.45, 7) is 0. The van der Waals surface area contributed by atoms with Gasteiger partial charge in [-0.25, -0.2) is 8.42 Å². The van der Waals surface area contributed by atoms with Crippen LogP contribution in [0.2, 0.25) is 0 Å². The molecule has 92 valence electrons. The number of aromatic nitrogens is 2. The van der Waals surface area contributed by atoms with E-state index in [2.05, 4.69) is 22.3 Å². The number of nitrogens with zero attached hydrogens (tertiary/aromatic N) is 2. The first-order chi connectivity index (χ1) is 8.54. The van der Waals surface area contributed by atoms with Gasteiger partial charge in [-0.2, -0.15) is 0 Å². The fourth-order valence-electron chi connectivity index (χ4n) is 1.86. The minimum absolute atomic E-state index is 0.0635. The molecule has 0 N–H and O–H groups in total. The summed E-state index contributed by atoms with van der Waals surface area (Å²) in [5.41, 5.74) is 3.36. The van der Waals surface area contributed by atoms with Crippen LogP contribution in [0.1, 0.15) is 11.1 Å². The number of rotatable bonds is 2. The fourth-order valence-corrected chi connectivity index (χ4v) is 3.46. The molecule has 6 heteroatoms. The van der Waals surface area contributed by atoms with E-state index in [4.69, 9.17) is 0 Å². The zero-order chi connectivity index (χ0) is 12.8. The number of fused-ring (bicyclic) bond motifs is 1. The summed E-state index contributed by atoms with van der Waals surface area (Å²) in [5.74, 6) is 0. The Kier molecular flexibility index (Phi) is 2.57. The summed E-state index contributed by atoms with van der Waals surface area (Å²) in [7, 11) is -3.27. The first-order valence-corrected chi connectivity index (χ1v) is 8.08. The predicted molar refractivity (Wildman–Crippen MR) is 71.2 cm³/mol. The fraction of sp³-hybridized carbons (Fsp3) is 0.167. The molecule has 0 unspecified atom stereocenters. The molecule has 1 aromatic heterocycles. The van der Waals surface area contributed by atoms with Gasteiger partial charge in [-0.3, -0.25) is 0 Å². The van der Waals surface area contributed by atoms with Crippen molar-refractivity contribution in [1.82, 2.24) is 10.2 Å². The van der Waals surface area contributed by atoms with Crippen molar-refractivity contribution in [2.75, 3.05) is 6.26 Å². The number of benzene rings is 1. The van der Waals surface area contributed by atoms with E-state index >= 15 is 0 Å². The monoisotopic (exact) mass is 278 g/mol. The van der Waals surface area contributed by atoms with E-state index in [1.54, 1.807) is 0 Å². The van der Waals surface area contributed by atoms with Crippen LogP contribution in [0.25, 0.3) is 16.6 Å². The molecular formula is C12H10N2O2S2. The lowest BCUT2D eigenvalue weighted by Gasteiger charge is -2.00. The molecular weight excluding hydrogens is 268 g/mol. The van der Waals surface area contributed by atoms with Gasteiger partial charge in [-0.05, 0) is 23.6 Å². The van der Waals surface area contributed by atoms with Gasteiger partial charge in [0.25, 0.3) is 0 Å². The molecule has 1 aromatic carbocycles. The van der Waals surface area contributed by atoms with Crippen LogP contribution >= 0.6 is 11.3 Å². The third-order valence-corrected chi connectivity index (χ3v) is 5.39. The quantitative estimate of drug-likeness (QED) is 0.844. The molecule has 1 aliphatic rings. The first kappa shape index (κ1) is 11.6.